The third-order valence-corrected chi connectivity index (χ3v) is 6.26. The lowest BCUT2D eigenvalue weighted by Gasteiger charge is -2.36. The molecule has 33 heavy (non-hydrogen) atoms. The molecule has 3 aromatic rings. The summed E-state index contributed by atoms with van der Waals surface area (Å²) in [5.74, 6) is -0.983. The van der Waals surface area contributed by atoms with Crippen LogP contribution in [0.4, 0.5) is 4.39 Å². The van der Waals surface area contributed by atoms with E-state index in [2.05, 4.69) is 0 Å². The van der Waals surface area contributed by atoms with E-state index < -0.39 is 5.63 Å². The number of hydrogen-bond donors (Lipinski definition) is 0. The highest BCUT2D eigenvalue weighted by Gasteiger charge is 2.32. The Hall–Kier alpha value is -3.48. The number of carbonyl (C=O) groups is 2. The van der Waals surface area contributed by atoms with Crippen LogP contribution in [0.1, 0.15) is 48.0 Å². The molecule has 0 bridgehead atoms. The molecule has 0 N–H and O–H groups in total. The quantitative estimate of drug-likeness (QED) is 0.407. The van der Waals surface area contributed by atoms with Crippen LogP contribution in [0, 0.1) is 11.7 Å². The summed E-state index contributed by atoms with van der Waals surface area (Å²) in [6, 6.07) is 14.9. The second-order valence-electron chi connectivity index (χ2n) is 8.28. The van der Waals surface area contributed by atoms with Gasteiger partial charge in [0.05, 0.1) is 13.0 Å². The van der Waals surface area contributed by atoms with Crippen LogP contribution in [-0.2, 0) is 9.53 Å². The predicted molar refractivity (Wildman–Crippen MR) is 122 cm³/mol. The summed E-state index contributed by atoms with van der Waals surface area (Å²) in [6.07, 6.45) is 1.52. The van der Waals surface area contributed by atoms with E-state index in [0.29, 0.717) is 43.5 Å². The fourth-order valence-electron chi connectivity index (χ4n) is 4.55. The summed E-state index contributed by atoms with van der Waals surface area (Å²) in [6.45, 7) is 2.97. The lowest BCUT2D eigenvalue weighted by molar-refractivity contribution is -0.144. The number of hydrogen-bond acceptors (Lipinski definition) is 5. The van der Waals surface area contributed by atoms with E-state index in [1.807, 2.05) is 6.07 Å². The van der Waals surface area contributed by atoms with E-state index in [-0.39, 0.29) is 41.5 Å². The molecule has 2 aromatic carbocycles. The van der Waals surface area contributed by atoms with E-state index in [4.69, 9.17) is 9.15 Å². The summed E-state index contributed by atoms with van der Waals surface area (Å²) in [5, 5.41) is 0.696. The van der Waals surface area contributed by atoms with Crippen LogP contribution in [0.15, 0.2) is 63.8 Å². The van der Waals surface area contributed by atoms with Gasteiger partial charge in [-0.1, -0.05) is 30.3 Å². The topological polar surface area (TPSA) is 76.8 Å². The van der Waals surface area contributed by atoms with Gasteiger partial charge < -0.3 is 14.1 Å². The van der Waals surface area contributed by atoms with Gasteiger partial charge in [-0.05, 0) is 61.4 Å². The minimum atomic E-state index is -0.646. The third-order valence-electron chi connectivity index (χ3n) is 6.26. The van der Waals surface area contributed by atoms with Gasteiger partial charge in [-0.2, -0.15) is 0 Å². The Morgan fingerprint density at radius 3 is 2.52 bits per heavy atom. The molecule has 2 heterocycles. The zero-order valence-corrected chi connectivity index (χ0v) is 18.5. The average molecular weight is 451 g/mol. The molecule has 0 aliphatic carbocycles. The van der Waals surface area contributed by atoms with Gasteiger partial charge in [0.25, 0.3) is 5.91 Å². The highest BCUT2D eigenvalue weighted by Crippen LogP contribution is 2.36. The summed E-state index contributed by atoms with van der Waals surface area (Å²) in [5.41, 5.74) is 0.698. The van der Waals surface area contributed by atoms with Crippen molar-refractivity contribution in [3.8, 4) is 0 Å². The smallest absolute Gasteiger partial charge is 0.349 e. The van der Waals surface area contributed by atoms with Crippen molar-refractivity contribution in [3.05, 3.63) is 82.0 Å². The molecule has 0 radical (unpaired) electrons. The van der Waals surface area contributed by atoms with Gasteiger partial charge in [-0.3, -0.25) is 9.59 Å². The fraction of sp³-hybridized carbons (Fsp3) is 0.346. The second kappa shape index (κ2) is 9.98. The van der Waals surface area contributed by atoms with Gasteiger partial charge in [0.2, 0.25) is 0 Å². The lowest BCUT2D eigenvalue weighted by Crippen LogP contribution is -2.41. The minimum Gasteiger partial charge on any atom is -0.466 e. The number of benzene rings is 2. The number of esters is 1. The Balaban J connectivity index is 1.49. The summed E-state index contributed by atoms with van der Waals surface area (Å²) >= 11 is 0. The van der Waals surface area contributed by atoms with E-state index in [0.717, 1.165) is 5.56 Å². The summed E-state index contributed by atoms with van der Waals surface area (Å²) in [7, 11) is 0. The SMILES string of the molecule is CCOC(=O)C[C@@H](c1ccc(F)cc1)C1CCN(C(=O)c2cc3ccccc3oc2=O)CC1. The molecular weight excluding hydrogens is 425 g/mol. The van der Waals surface area contributed by atoms with Crippen molar-refractivity contribution in [2.24, 2.45) is 5.92 Å². The number of likely N-dealkylation sites (tertiary alicyclic amines) is 1. The first-order chi connectivity index (χ1) is 16.0. The highest BCUT2D eigenvalue weighted by molar-refractivity contribution is 5.96. The van der Waals surface area contributed by atoms with Crippen LogP contribution in [0.3, 0.4) is 0 Å². The molecular formula is C26H26FNO5. The van der Waals surface area contributed by atoms with Crippen molar-refractivity contribution >= 4 is 22.8 Å². The van der Waals surface area contributed by atoms with E-state index in [1.54, 1.807) is 48.2 Å². The van der Waals surface area contributed by atoms with Gasteiger partial charge in [-0.25, -0.2) is 9.18 Å². The molecule has 6 nitrogen and oxygen atoms in total. The molecule has 0 spiro atoms. The van der Waals surface area contributed by atoms with Crippen molar-refractivity contribution in [1.82, 2.24) is 4.90 Å². The monoisotopic (exact) mass is 451 g/mol. The van der Waals surface area contributed by atoms with E-state index >= 15 is 0 Å². The number of piperidine rings is 1. The third kappa shape index (κ3) is 5.13. The van der Waals surface area contributed by atoms with E-state index in [9.17, 15) is 18.8 Å². The molecule has 0 saturated carbocycles. The van der Waals surface area contributed by atoms with Crippen LogP contribution < -0.4 is 5.63 Å². The van der Waals surface area contributed by atoms with Crippen LogP contribution in [0.25, 0.3) is 11.0 Å². The Bertz CT molecular complexity index is 1200. The molecule has 4 rings (SSSR count). The predicted octanol–water partition coefficient (Wildman–Crippen LogP) is 4.52. The van der Waals surface area contributed by atoms with Gasteiger partial charge in [0, 0.05) is 18.5 Å². The van der Waals surface area contributed by atoms with Gasteiger partial charge >= 0.3 is 11.6 Å². The number of carbonyl (C=O) groups excluding carboxylic acids is 2. The highest BCUT2D eigenvalue weighted by atomic mass is 19.1. The van der Waals surface area contributed by atoms with Crippen LogP contribution >= 0.6 is 0 Å². The number of amides is 1. The Kier molecular flexibility index (Phi) is 6.87. The molecule has 1 atom stereocenters. The number of nitrogens with zero attached hydrogens (tertiary/aromatic N) is 1. The molecule has 0 unspecified atom stereocenters. The Labute approximate surface area is 191 Å². The maximum atomic E-state index is 13.4. The summed E-state index contributed by atoms with van der Waals surface area (Å²) < 4.78 is 23.9. The number of halogens is 1. The van der Waals surface area contributed by atoms with Crippen LogP contribution in [-0.4, -0.2) is 36.5 Å². The van der Waals surface area contributed by atoms with Gasteiger partial charge in [0.15, 0.2) is 0 Å². The Morgan fingerprint density at radius 2 is 1.82 bits per heavy atom. The molecule has 1 aliphatic rings. The van der Waals surface area contributed by atoms with Crippen molar-refractivity contribution in [3.63, 3.8) is 0 Å². The first-order valence-electron chi connectivity index (χ1n) is 11.2. The normalized spacial score (nSPS) is 15.4. The molecule has 1 aliphatic heterocycles. The largest absolute Gasteiger partial charge is 0.466 e. The molecule has 1 saturated heterocycles. The number of rotatable bonds is 6. The molecule has 1 amide bonds. The zero-order chi connectivity index (χ0) is 23.4. The molecule has 7 heteroatoms. The van der Waals surface area contributed by atoms with E-state index in [1.165, 1.54) is 12.1 Å². The number of para-hydroxylation sites is 1. The summed E-state index contributed by atoms with van der Waals surface area (Å²) in [4.78, 5) is 39.3. The maximum absolute atomic E-state index is 13.4. The number of ether oxygens (including phenoxy) is 1. The van der Waals surface area contributed by atoms with Gasteiger partial charge in [0.1, 0.15) is 17.0 Å². The van der Waals surface area contributed by atoms with Crippen molar-refractivity contribution in [1.29, 1.82) is 0 Å². The first-order valence-corrected chi connectivity index (χ1v) is 11.2. The second-order valence-corrected chi connectivity index (χ2v) is 8.28. The van der Waals surface area contributed by atoms with Crippen molar-refractivity contribution < 1.29 is 23.1 Å². The fourth-order valence-corrected chi connectivity index (χ4v) is 4.55. The molecule has 1 fully saturated rings. The first kappa shape index (κ1) is 22.7. The van der Waals surface area contributed by atoms with Crippen LogP contribution in [0.2, 0.25) is 0 Å². The number of fused-ring (bicyclic) bond motifs is 1. The Morgan fingerprint density at radius 1 is 1.12 bits per heavy atom. The van der Waals surface area contributed by atoms with Crippen LogP contribution in [0.5, 0.6) is 0 Å². The minimum absolute atomic E-state index is 0.0220. The lowest BCUT2D eigenvalue weighted by atomic mass is 9.78. The van der Waals surface area contributed by atoms with Crippen molar-refractivity contribution in [2.75, 3.05) is 19.7 Å². The van der Waals surface area contributed by atoms with Gasteiger partial charge in [-0.15, -0.1) is 0 Å². The average Bonchev–Trinajstić information content (AvgIpc) is 2.83. The maximum Gasteiger partial charge on any atom is 0.349 e. The zero-order valence-electron chi connectivity index (χ0n) is 18.5. The van der Waals surface area contributed by atoms with Crippen molar-refractivity contribution in [2.45, 2.75) is 32.1 Å². The molecule has 1 aromatic heterocycles. The molecule has 172 valence electrons. The standard InChI is InChI=1S/C26H26FNO5/c1-2-32-24(29)16-21(17-7-9-20(27)10-8-17)18-11-13-28(14-12-18)25(30)22-15-19-5-3-4-6-23(19)33-26(22)31/h3-10,15,18,21H,2,11-14,16H2,1H3/t21-/m0/s1.